The van der Waals surface area contributed by atoms with Gasteiger partial charge in [0.15, 0.2) is 0 Å². The summed E-state index contributed by atoms with van der Waals surface area (Å²) in [7, 11) is 0. The maximum absolute atomic E-state index is 9.51. The zero-order chi connectivity index (χ0) is 20.4. The van der Waals surface area contributed by atoms with E-state index in [0.717, 1.165) is 16.9 Å². The number of nitrogens with one attached hydrogen (secondary N) is 1. The summed E-state index contributed by atoms with van der Waals surface area (Å²) in [4.78, 5) is 8.51. The molecule has 0 aliphatic heterocycles. The largest absolute Gasteiger partial charge is 0.337 e. The molecule has 4 aromatic rings. The maximum Gasteiger partial charge on any atom is 0.267 e. The Morgan fingerprint density at radius 1 is 1.21 bits per heavy atom. The Balaban J connectivity index is 1.54. The third-order valence-electron chi connectivity index (χ3n) is 4.22. The maximum atomic E-state index is 9.51. The highest BCUT2D eigenvalue weighted by Gasteiger charge is 2.13. The first kappa shape index (κ1) is 19.0. The van der Waals surface area contributed by atoms with Crippen LogP contribution in [-0.2, 0) is 6.42 Å². The third kappa shape index (κ3) is 4.09. The Morgan fingerprint density at radius 2 is 2.00 bits per heavy atom. The zero-order valence-corrected chi connectivity index (χ0v) is 16.7. The molecule has 4 rings (SSSR count). The highest BCUT2D eigenvalue weighted by molar-refractivity contribution is 6.36. The Bertz CT molecular complexity index is 1200. The van der Waals surface area contributed by atoms with Gasteiger partial charge in [-0.1, -0.05) is 29.3 Å². The lowest BCUT2D eigenvalue weighted by Crippen LogP contribution is -1.98. The fraction of sp³-hybridized carbons (Fsp3) is 0.100. The quantitative estimate of drug-likeness (QED) is 0.480. The van der Waals surface area contributed by atoms with Gasteiger partial charge in [-0.2, -0.15) is 10.2 Å². The second-order valence-electron chi connectivity index (χ2n) is 6.28. The molecule has 2 heterocycles. The van der Waals surface area contributed by atoms with Crippen molar-refractivity contribution in [3.05, 3.63) is 81.7 Å². The monoisotopic (exact) mass is 424 g/mol. The Hall–Kier alpha value is -3.34. The van der Waals surface area contributed by atoms with Crippen LogP contribution in [0.4, 0.5) is 11.6 Å². The molecule has 9 heteroatoms. The predicted molar refractivity (Wildman–Crippen MR) is 110 cm³/mol. The van der Waals surface area contributed by atoms with Gasteiger partial charge in [0.05, 0.1) is 29.7 Å². The summed E-state index contributed by atoms with van der Waals surface area (Å²) in [5.41, 5.74) is 3.47. The predicted octanol–water partition coefficient (Wildman–Crippen LogP) is 5.08. The zero-order valence-electron chi connectivity index (χ0n) is 15.2. The molecule has 2 aromatic heterocycles. The van der Waals surface area contributed by atoms with Crippen molar-refractivity contribution in [2.45, 2.75) is 13.3 Å². The highest BCUT2D eigenvalue weighted by Crippen LogP contribution is 2.27. The summed E-state index contributed by atoms with van der Waals surface area (Å²) in [6, 6.07) is 12.8. The Kier molecular flexibility index (Phi) is 5.21. The summed E-state index contributed by atoms with van der Waals surface area (Å²) in [5.74, 6) is 0.645. The lowest BCUT2D eigenvalue weighted by atomic mass is 10.1. The molecule has 0 aliphatic carbocycles. The normalized spacial score (nSPS) is 10.7. The molecular formula is C20H14Cl2N6O. The fourth-order valence-electron chi connectivity index (χ4n) is 2.84. The van der Waals surface area contributed by atoms with Crippen LogP contribution in [0.1, 0.15) is 22.7 Å². The van der Waals surface area contributed by atoms with E-state index in [2.05, 4.69) is 26.5 Å². The molecule has 0 saturated carbocycles. The number of rotatable bonds is 5. The van der Waals surface area contributed by atoms with Crippen molar-refractivity contribution in [2.75, 3.05) is 5.32 Å². The second-order valence-corrected chi connectivity index (χ2v) is 7.09. The summed E-state index contributed by atoms with van der Waals surface area (Å²) >= 11 is 12.4. The van der Waals surface area contributed by atoms with Gasteiger partial charge in [0.1, 0.15) is 6.07 Å². The topological polar surface area (TPSA) is 92.6 Å². The van der Waals surface area contributed by atoms with Gasteiger partial charge in [-0.25, -0.2) is 4.98 Å². The van der Waals surface area contributed by atoms with Gasteiger partial charge < -0.3 is 14.4 Å². The van der Waals surface area contributed by atoms with Gasteiger partial charge in [0.2, 0.25) is 5.89 Å². The van der Waals surface area contributed by atoms with Crippen molar-refractivity contribution in [3.63, 3.8) is 0 Å². The minimum atomic E-state index is 0.276. The number of halogens is 2. The lowest BCUT2D eigenvalue weighted by Gasteiger charge is -2.07. The molecule has 0 bridgehead atoms. The van der Waals surface area contributed by atoms with E-state index in [1.165, 1.54) is 0 Å². The van der Waals surface area contributed by atoms with Crippen molar-refractivity contribution in [3.8, 4) is 11.8 Å². The molecule has 7 nitrogen and oxygen atoms in total. The van der Waals surface area contributed by atoms with Gasteiger partial charge in [-0.15, -0.1) is 0 Å². The van der Waals surface area contributed by atoms with Crippen molar-refractivity contribution in [2.24, 2.45) is 0 Å². The number of nitriles is 1. The van der Waals surface area contributed by atoms with Crippen LogP contribution in [0.2, 0.25) is 10.0 Å². The second kappa shape index (κ2) is 7.95. The number of nitrogens with zero attached hydrogens (tertiary/aromatic N) is 5. The average Bonchev–Trinajstić information content (AvgIpc) is 3.33. The molecule has 1 N–H and O–H groups in total. The first-order valence-corrected chi connectivity index (χ1v) is 9.36. The van der Waals surface area contributed by atoms with Gasteiger partial charge >= 0.3 is 0 Å². The van der Waals surface area contributed by atoms with Crippen LogP contribution >= 0.6 is 23.2 Å². The fourth-order valence-corrected chi connectivity index (χ4v) is 3.37. The summed E-state index contributed by atoms with van der Waals surface area (Å²) in [6.07, 6.45) is 3.84. The Labute approximate surface area is 176 Å². The number of anilines is 2. The van der Waals surface area contributed by atoms with Crippen LogP contribution in [0, 0.1) is 18.3 Å². The molecule has 0 atom stereocenters. The van der Waals surface area contributed by atoms with Crippen molar-refractivity contribution >= 4 is 34.8 Å². The van der Waals surface area contributed by atoms with Gasteiger partial charge in [-0.3, -0.25) is 0 Å². The molecule has 29 heavy (non-hydrogen) atoms. The Morgan fingerprint density at radius 3 is 2.69 bits per heavy atom. The van der Waals surface area contributed by atoms with E-state index < -0.39 is 0 Å². The molecule has 0 fully saturated rings. The first-order chi connectivity index (χ1) is 14.0. The number of imidazole rings is 1. The minimum Gasteiger partial charge on any atom is -0.337 e. The highest BCUT2D eigenvalue weighted by atomic mass is 35.5. The molecule has 0 radical (unpaired) electrons. The van der Waals surface area contributed by atoms with E-state index in [4.69, 9.17) is 27.7 Å². The summed E-state index contributed by atoms with van der Waals surface area (Å²) < 4.78 is 7.09. The molecule has 0 spiro atoms. The molecule has 0 aliphatic rings. The van der Waals surface area contributed by atoms with E-state index in [-0.39, 0.29) is 5.95 Å². The number of hydrogen-bond acceptors (Lipinski definition) is 6. The van der Waals surface area contributed by atoms with Gasteiger partial charge in [-0.05, 0) is 48.0 Å². The standard InChI is InChI=1S/C20H14Cl2N6O/c1-12-10-28(11-24-12)18-6-5-14(7-13(18)9-23)25-20-26-19(29-27-20)8-15-16(21)3-2-4-17(15)22/h2-7,10-11H,8H2,1H3,(H,25,27). The van der Waals surface area contributed by atoms with Crippen LogP contribution in [0.3, 0.4) is 0 Å². The molecule has 0 saturated heterocycles. The summed E-state index contributed by atoms with van der Waals surface area (Å²) in [6.45, 7) is 1.89. The van der Waals surface area contributed by atoms with Crippen LogP contribution < -0.4 is 5.32 Å². The minimum absolute atomic E-state index is 0.276. The smallest absolute Gasteiger partial charge is 0.267 e. The van der Waals surface area contributed by atoms with Gasteiger partial charge in [0.25, 0.3) is 5.95 Å². The van der Waals surface area contributed by atoms with E-state index in [0.29, 0.717) is 33.6 Å². The van der Waals surface area contributed by atoms with Crippen molar-refractivity contribution in [1.82, 2.24) is 19.7 Å². The molecule has 144 valence electrons. The van der Waals surface area contributed by atoms with Crippen molar-refractivity contribution < 1.29 is 4.52 Å². The number of hydrogen-bond donors (Lipinski definition) is 1. The first-order valence-electron chi connectivity index (χ1n) is 8.61. The number of aryl methyl sites for hydroxylation is 1. The number of aromatic nitrogens is 4. The molecular weight excluding hydrogens is 411 g/mol. The van der Waals surface area contributed by atoms with E-state index in [9.17, 15) is 5.26 Å². The molecule has 0 amide bonds. The SMILES string of the molecule is Cc1cn(-c2ccc(Nc3noc(Cc4c(Cl)cccc4Cl)n3)cc2C#N)cn1. The van der Waals surface area contributed by atoms with Crippen LogP contribution in [0.15, 0.2) is 53.4 Å². The van der Waals surface area contributed by atoms with Crippen molar-refractivity contribution in [1.29, 1.82) is 5.26 Å². The van der Waals surface area contributed by atoms with Gasteiger partial charge in [0, 0.05) is 21.9 Å². The third-order valence-corrected chi connectivity index (χ3v) is 4.93. The van der Waals surface area contributed by atoms with Crippen LogP contribution in [0.25, 0.3) is 5.69 Å². The van der Waals surface area contributed by atoms with E-state index in [1.54, 1.807) is 35.2 Å². The van der Waals surface area contributed by atoms with Crippen LogP contribution in [-0.4, -0.2) is 19.7 Å². The molecule has 0 unspecified atom stereocenters. The summed E-state index contributed by atoms with van der Waals surface area (Å²) in [5, 5.41) is 17.5. The average molecular weight is 425 g/mol. The van der Waals surface area contributed by atoms with E-state index in [1.807, 2.05) is 25.3 Å². The number of benzene rings is 2. The molecule has 2 aromatic carbocycles. The lowest BCUT2D eigenvalue weighted by molar-refractivity contribution is 0.386. The van der Waals surface area contributed by atoms with E-state index >= 15 is 0 Å². The van der Waals surface area contributed by atoms with Crippen LogP contribution in [0.5, 0.6) is 0 Å².